The molecule has 1 amide bonds. The van der Waals surface area contributed by atoms with E-state index < -0.39 is 0 Å². The van der Waals surface area contributed by atoms with E-state index in [9.17, 15) is 14.7 Å². The summed E-state index contributed by atoms with van der Waals surface area (Å²) in [6, 6.07) is 3.92. The highest BCUT2D eigenvalue weighted by Gasteiger charge is 2.28. The third-order valence-electron chi connectivity index (χ3n) is 7.27. The fraction of sp³-hybridized carbons (Fsp3) is 0.677. The molecule has 40 heavy (non-hydrogen) atoms. The zero-order valence-corrected chi connectivity index (χ0v) is 26.1. The number of aromatic hydroxyl groups is 1. The van der Waals surface area contributed by atoms with Gasteiger partial charge in [0, 0.05) is 42.6 Å². The van der Waals surface area contributed by atoms with Crippen LogP contribution in [0.25, 0.3) is 10.9 Å². The number of anilines is 1. The molecule has 0 aliphatic carbocycles. The summed E-state index contributed by atoms with van der Waals surface area (Å²) in [4.78, 5) is 34.0. The van der Waals surface area contributed by atoms with Crippen molar-refractivity contribution in [2.45, 2.75) is 103 Å². The minimum atomic E-state index is -0.0691. The number of nitrogens with zero attached hydrogens (tertiary/aromatic N) is 1. The lowest BCUT2D eigenvalue weighted by Gasteiger charge is -2.34. The Bertz CT molecular complexity index is 1140. The van der Waals surface area contributed by atoms with Crippen LogP contribution in [-0.2, 0) is 20.8 Å². The maximum atomic E-state index is 12.2. The number of carbonyl (C=O) groups is 2. The molecule has 2 heterocycles. The van der Waals surface area contributed by atoms with Gasteiger partial charge in [0.25, 0.3) is 0 Å². The van der Waals surface area contributed by atoms with Gasteiger partial charge in [-0.1, -0.05) is 41.5 Å². The number of nitrogens with one attached hydrogen (secondary N) is 2. The SMILES string of the molecule is CC(C)(C)Cc1c(SC(C)(C)C)[nH]c2c(N3CCC(CCNC(=O)CCCCC(=O)CON)CC3)c(O)ccc12. The standard InChI is InChI=1S/C31H50N4O4S/c1-30(2,3)19-24-23-11-12-25(37)28(27(23)34-29(24)40-31(4,5)6)35-17-14-21(15-18-35)13-16-33-26(38)10-8-7-9-22(36)20-39-32/h11-12,21,34,37H,7-10,13-20,32H2,1-6H3,(H,33,38). The summed E-state index contributed by atoms with van der Waals surface area (Å²) in [5.41, 5.74) is 3.43. The van der Waals surface area contributed by atoms with Crippen LogP contribution in [0, 0.1) is 11.3 Å². The number of piperidine rings is 1. The monoisotopic (exact) mass is 574 g/mol. The van der Waals surface area contributed by atoms with Crippen molar-refractivity contribution < 1.29 is 19.5 Å². The number of unbranched alkanes of at least 4 members (excludes halogenated alkanes) is 1. The second-order valence-electron chi connectivity index (χ2n) is 13.4. The second-order valence-corrected chi connectivity index (χ2v) is 15.2. The molecule has 3 rings (SSSR count). The van der Waals surface area contributed by atoms with Gasteiger partial charge < -0.3 is 20.3 Å². The van der Waals surface area contributed by atoms with E-state index in [1.54, 1.807) is 0 Å². The first-order chi connectivity index (χ1) is 18.8. The quantitative estimate of drug-likeness (QED) is 0.130. The molecule has 0 atom stereocenters. The molecule has 9 heteroatoms. The molecular weight excluding hydrogens is 524 g/mol. The van der Waals surface area contributed by atoms with Crippen LogP contribution < -0.4 is 16.1 Å². The summed E-state index contributed by atoms with van der Waals surface area (Å²) in [7, 11) is 0. The maximum absolute atomic E-state index is 12.2. The summed E-state index contributed by atoms with van der Waals surface area (Å²) < 4.78 is 0.0718. The highest BCUT2D eigenvalue weighted by molar-refractivity contribution is 8.00. The molecule has 1 saturated heterocycles. The number of H-pyrrole nitrogens is 1. The van der Waals surface area contributed by atoms with Crippen LogP contribution in [0.5, 0.6) is 5.75 Å². The molecule has 1 fully saturated rings. The number of aromatic nitrogens is 1. The van der Waals surface area contributed by atoms with Crippen LogP contribution in [-0.4, -0.2) is 52.8 Å². The molecule has 1 aliphatic rings. The number of hydrogen-bond donors (Lipinski definition) is 4. The first kappa shape index (κ1) is 32.3. The zero-order valence-electron chi connectivity index (χ0n) is 25.3. The molecule has 1 aromatic heterocycles. The highest BCUT2D eigenvalue weighted by Crippen LogP contribution is 2.45. The number of carbonyl (C=O) groups excluding carboxylic acids is 2. The molecule has 0 radical (unpaired) electrons. The number of phenols is 1. The lowest BCUT2D eigenvalue weighted by molar-refractivity contribution is -0.124. The summed E-state index contributed by atoms with van der Waals surface area (Å²) in [6.45, 7) is 15.9. The first-order valence-electron chi connectivity index (χ1n) is 14.7. The number of phenolic OH excluding ortho intramolecular Hbond substituents is 1. The van der Waals surface area contributed by atoms with E-state index >= 15 is 0 Å². The van der Waals surface area contributed by atoms with E-state index in [1.165, 1.54) is 16.0 Å². The van der Waals surface area contributed by atoms with Crippen molar-refractivity contribution >= 4 is 40.0 Å². The third kappa shape index (κ3) is 9.70. The van der Waals surface area contributed by atoms with E-state index in [4.69, 9.17) is 5.90 Å². The fourth-order valence-electron chi connectivity index (χ4n) is 5.41. The zero-order chi connectivity index (χ0) is 29.5. The van der Waals surface area contributed by atoms with Gasteiger partial charge in [-0.05, 0) is 67.6 Å². The molecule has 2 aromatic rings. The van der Waals surface area contributed by atoms with Crippen LogP contribution in [0.15, 0.2) is 17.2 Å². The van der Waals surface area contributed by atoms with Crippen molar-refractivity contribution in [3.05, 3.63) is 17.7 Å². The average molecular weight is 575 g/mol. The van der Waals surface area contributed by atoms with Crippen LogP contribution in [0.3, 0.4) is 0 Å². The van der Waals surface area contributed by atoms with E-state index in [2.05, 4.69) is 67.6 Å². The van der Waals surface area contributed by atoms with Crippen LogP contribution in [0.4, 0.5) is 5.69 Å². The number of fused-ring (bicyclic) bond motifs is 1. The summed E-state index contributed by atoms with van der Waals surface area (Å²) >= 11 is 1.86. The number of ketones is 1. The van der Waals surface area contributed by atoms with E-state index in [0.29, 0.717) is 43.9 Å². The number of benzene rings is 1. The average Bonchev–Trinajstić information content (AvgIpc) is 3.16. The molecule has 0 saturated carbocycles. The van der Waals surface area contributed by atoms with Gasteiger partial charge >= 0.3 is 0 Å². The maximum Gasteiger partial charge on any atom is 0.219 e. The van der Waals surface area contributed by atoms with Gasteiger partial charge in [-0.3, -0.25) is 14.4 Å². The Morgan fingerprint density at radius 2 is 1.80 bits per heavy atom. The van der Waals surface area contributed by atoms with Gasteiger partial charge in [0.2, 0.25) is 5.91 Å². The lowest BCUT2D eigenvalue weighted by Crippen LogP contribution is -2.35. The van der Waals surface area contributed by atoms with E-state index in [0.717, 1.165) is 50.0 Å². The number of aromatic amines is 1. The second kappa shape index (κ2) is 14.1. The van der Waals surface area contributed by atoms with Crippen molar-refractivity contribution in [3.63, 3.8) is 0 Å². The van der Waals surface area contributed by atoms with Crippen LogP contribution >= 0.6 is 11.8 Å². The highest BCUT2D eigenvalue weighted by atomic mass is 32.2. The number of nitrogens with two attached hydrogens (primary N) is 1. The van der Waals surface area contributed by atoms with Crippen molar-refractivity contribution in [1.29, 1.82) is 0 Å². The summed E-state index contributed by atoms with van der Waals surface area (Å²) in [5, 5.41) is 16.4. The largest absolute Gasteiger partial charge is 0.506 e. The number of hydrogen-bond acceptors (Lipinski definition) is 7. The minimum Gasteiger partial charge on any atom is -0.506 e. The van der Waals surface area contributed by atoms with Crippen molar-refractivity contribution in [3.8, 4) is 5.75 Å². The number of thioether (sulfide) groups is 1. The Morgan fingerprint density at radius 3 is 2.42 bits per heavy atom. The Morgan fingerprint density at radius 1 is 1.12 bits per heavy atom. The Hall–Kier alpha value is -2.23. The minimum absolute atomic E-state index is 0.0374. The topological polar surface area (TPSA) is 121 Å². The molecule has 0 spiro atoms. The summed E-state index contributed by atoms with van der Waals surface area (Å²) in [6.07, 6.45) is 6.14. The number of Topliss-reactive ketones (excluding diaryl/α,β-unsaturated/α-hetero) is 1. The summed E-state index contributed by atoms with van der Waals surface area (Å²) in [5.74, 6) is 5.77. The van der Waals surface area contributed by atoms with Crippen LogP contribution in [0.1, 0.15) is 92.1 Å². The predicted octanol–water partition coefficient (Wildman–Crippen LogP) is 6.10. The normalized spacial score (nSPS) is 15.1. The molecule has 8 nitrogen and oxygen atoms in total. The number of amides is 1. The van der Waals surface area contributed by atoms with Gasteiger partial charge in [-0.25, -0.2) is 5.90 Å². The van der Waals surface area contributed by atoms with Gasteiger partial charge in [0.15, 0.2) is 5.78 Å². The Labute approximate surface area is 244 Å². The van der Waals surface area contributed by atoms with E-state index in [-0.39, 0.29) is 28.5 Å². The van der Waals surface area contributed by atoms with Crippen molar-refractivity contribution in [2.24, 2.45) is 17.2 Å². The van der Waals surface area contributed by atoms with E-state index in [1.807, 2.05) is 17.8 Å². The van der Waals surface area contributed by atoms with Gasteiger partial charge in [0.1, 0.15) is 18.0 Å². The van der Waals surface area contributed by atoms with Gasteiger partial charge in [-0.15, -0.1) is 11.8 Å². The van der Waals surface area contributed by atoms with Crippen LogP contribution in [0.2, 0.25) is 0 Å². The third-order valence-corrected chi connectivity index (χ3v) is 8.43. The lowest BCUT2D eigenvalue weighted by atomic mass is 9.88. The molecule has 224 valence electrons. The van der Waals surface area contributed by atoms with Gasteiger partial charge in [-0.2, -0.15) is 0 Å². The Balaban J connectivity index is 1.58. The smallest absolute Gasteiger partial charge is 0.219 e. The molecule has 5 N–H and O–H groups in total. The molecule has 1 aromatic carbocycles. The molecule has 0 bridgehead atoms. The number of rotatable bonds is 13. The molecular formula is C31H50N4O4S. The fourth-order valence-corrected chi connectivity index (χ4v) is 6.48. The molecule has 0 unspecified atom stereocenters. The van der Waals surface area contributed by atoms with Crippen molar-refractivity contribution in [2.75, 3.05) is 31.1 Å². The predicted molar refractivity (Wildman–Crippen MR) is 165 cm³/mol. The molecule has 1 aliphatic heterocycles. The first-order valence-corrected chi connectivity index (χ1v) is 15.5. The van der Waals surface area contributed by atoms with Gasteiger partial charge in [0.05, 0.1) is 10.5 Å². The van der Waals surface area contributed by atoms with Crippen molar-refractivity contribution in [1.82, 2.24) is 10.3 Å². The Kier molecular flexibility index (Phi) is 11.4.